The molecule has 0 unspecified atom stereocenters. The Morgan fingerprint density at radius 1 is 0.846 bits per heavy atom. The molecule has 1 amide bonds. The predicted molar refractivity (Wildman–Crippen MR) is 105 cm³/mol. The lowest BCUT2D eigenvalue weighted by molar-refractivity contribution is -0.131. The third kappa shape index (κ3) is 4.85. The number of hydrogen-bond acceptors (Lipinski definition) is 3. The van der Waals surface area contributed by atoms with Gasteiger partial charge in [0.2, 0.25) is 5.91 Å². The molecule has 0 aromatic heterocycles. The standard InChI is InChI=1S/C18H26BrN3O3S/c19-17-7-5-16(6-8-17)15-18(23)20-11-13-22(14-12-20)26(24,25)21-9-3-1-2-4-10-21/h5-8H,1-4,9-15H2. The Bertz CT molecular complexity index is 708. The van der Waals surface area contributed by atoms with Crippen molar-refractivity contribution in [2.24, 2.45) is 0 Å². The zero-order valence-electron chi connectivity index (χ0n) is 14.9. The molecule has 0 saturated carbocycles. The van der Waals surface area contributed by atoms with Gasteiger partial charge in [-0.1, -0.05) is 40.9 Å². The molecule has 0 aliphatic carbocycles. The van der Waals surface area contributed by atoms with Crippen molar-refractivity contribution in [2.45, 2.75) is 32.1 Å². The fourth-order valence-electron chi connectivity index (χ4n) is 3.49. The summed E-state index contributed by atoms with van der Waals surface area (Å²) in [4.78, 5) is 14.3. The van der Waals surface area contributed by atoms with Gasteiger partial charge in [-0.3, -0.25) is 4.79 Å². The summed E-state index contributed by atoms with van der Waals surface area (Å²) < 4.78 is 29.8. The van der Waals surface area contributed by atoms with Crippen LogP contribution in [-0.2, 0) is 21.4 Å². The normalized spacial score (nSPS) is 20.7. The molecule has 0 radical (unpaired) electrons. The molecule has 0 bridgehead atoms. The number of amides is 1. The highest BCUT2D eigenvalue weighted by Crippen LogP contribution is 2.18. The quantitative estimate of drug-likeness (QED) is 0.716. The highest BCUT2D eigenvalue weighted by molar-refractivity contribution is 9.10. The van der Waals surface area contributed by atoms with Gasteiger partial charge >= 0.3 is 0 Å². The van der Waals surface area contributed by atoms with Gasteiger partial charge in [0.1, 0.15) is 0 Å². The molecule has 2 aliphatic rings. The minimum absolute atomic E-state index is 0.0548. The van der Waals surface area contributed by atoms with Crippen LogP contribution in [0.2, 0.25) is 0 Å². The van der Waals surface area contributed by atoms with Crippen LogP contribution in [0, 0.1) is 0 Å². The topological polar surface area (TPSA) is 60.9 Å². The van der Waals surface area contributed by atoms with Gasteiger partial charge in [0, 0.05) is 43.7 Å². The van der Waals surface area contributed by atoms with Gasteiger partial charge in [0.25, 0.3) is 10.2 Å². The first-order chi connectivity index (χ1) is 12.5. The summed E-state index contributed by atoms with van der Waals surface area (Å²) in [7, 11) is -3.40. The Labute approximate surface area is 164 Å². The SMILES string of the molecule is O=C(Cc1ccc(Br)cc1)N1CCN(S(=O)(=O)N2CCCCCC2)CC1. The number of hydrogen-bond donors (Lipinski definition) is 0. The Morgan fingerprint density at radius 3 is 1.96 bits per heavy atom. The number of piperazine rings is 1. The third-order valence-corrected chi connectivity index (χ3v) is 7.64. The zero-order chi connectivity index (χ0) is 18.6. The molecule has 0 spiro atoms. The highest BCUT2D eigenvalue weighted by atomic mass is 79.9. The summed E-state index contributed by atoms with van der Waals surface area (Å²) in [5, 5.41) is 0. The Kier molecular flexibility index (Phi) is 6.71. The molecule has 144 valence electrons. The molecule has 2 saturated heterocycles. The van der Waals surface area contributed by atoms with Crippen molar-refractivity contribution in [1.82, 2.24) is 13.5 Å². The smallest absolute Gasteiger partial charge is 0.282 e. The second kappa shape index (κ2) is 8.82. The van der Waals surface area contributed by atoms with E-state index in [1.807, 2.05) is 24.3 Å². The molecular formula is C18H26BrN3O3S. The van der Waals surface area contributed by atoms with Gasteiger partial charge in [0.05, 0.1) is 6.42 Å². The summed E-state index contributed by atoms with van der Waals surface area (Å²) in [6.07, 6.45) is 4.43. The van der Waals surface area contributed by atoms with Crippen molar-refractivity contribution in [1.29, 1.82) is 0 Å². The van der Waals surface area contributed by atoms with Gasteiger partial charge in [-0.15, -0.1) is 0 Å². The summed E-state index contributed by atoms with van der Waals surface area (Å²) in [6, 6.07) is 7.71. The van der Waals surface area contributed by atoms with Gasteiger partial charge < -0.3 is 4.90 Å². The first-order valence-electron chi connectivity index (χ1n) is 9.24. The minimum atomic E-state index is -3.40. The van der Waals surface area contributed by atoms with Crippen molar-refractivity contribution < 1.29 is 13.2 Å². The molecule has 2 fully saturated rings. The number of benzene rings is 1. The van der Waals surface area contributed by atoms with E-state index in [0.29, 0.717) is 45.7 Å². The maximum Gasteiger partial charge on any atom is 0.282 e. The fraction of sp³-hybridized carbons (Fsp3) is 0.611. The zero-order valence-corrected chi connectivity index (χ0v) is 17.3. The third-order valence-electron chi connectivity index (χ3n) is 5.08. The van der Waals surface area contributed by atoms with E-state index in [0.717, 1.165) is 35.7 Å². The van der Waals surface area contributed by atoms with Gasteiger partial charge in [-0.2, -0.15) is 17.0 Å². The van der Waals surface area contributed by atoms with Crippen molar-refractivity contribution in [3.8, 4) is 0 Å². The van der Waals surface area contributed by atoms with Gasteiger partial charge in [-0.25, -0.2) is 0 Å². The number of nitrogens with zero attached hydrogens (tertiary/aromatic N) is 3. The molecule has 0 atom stereocenters. The van der Waals surface area contributed by atoms with Crippen LogP contribution >= 0.6 is 15.9 Å². The van der Waals surface area contributed by atoms with E-state index in [4.69, 9.17) is 0 Å². The summed E-state index contributed by atoms with van der Waals surface area (Å²) in [6.45, 7) is 2.91. The summed E-state index contributed by atoms with van der Waals surface area (Å²) >= 11 is 3.39. The second-order valence-corrected chi connectivity index (χ2v) is 9.75. The Morgan fingerprint density at radius 2 is 1.38 bits per heavy atom. The van der Waals surface area contributed by atoms with E-state index in [2.05, 4.69) is 15.9 Å². The maximum atomic E-state index is 12.8. The van der Waals surface area contributed by atoms with E-state index in [9.17, 15) is 13.2 Å². The number of halogens is 1. The maximum absolute atomic E-state index is 12.8. The first-order valence-corrected chi connectivity index (χ1v) is 11.4. The summed E-state index contributed by atoms with van der Waals surface area (Å²) in [5.74, 6) is 0.0548. The lowest BCUT2D eigenvalue weighted by atomic mass is 10.1. The van der Waals surface area contributed by atoms with Crippen molar-refractivity contribution in [3.63, 3.8) is 0 Å². The van der Waals surface area contributed by atoms with Crippen molar-refractivity contribution in [3.05, 3.63) is 34.3 Å². The van der Waals surface area contributed by atoms with Crippen LogP contribution < -0.4 is 0 Å². The lowest BCUT2D eigenvalue weighted by Gasteiger charge is -2.36. The summed E-state index contributed by atoms with van der Waals surface area (Å²) in [5.41, 5.74) is 0.970. The first kappa shape index (κ1) is 19.8. The molecule has 1 aromatic rings. The molecular weight excluding hydrogens is 418 g/mol. The van der Waals surface area contributed by atoms with Crippen LogP contribution in [0.5, 0.6) is 0 Å². The highest BCUT2D eigenvalue weighted by Gasteiger charge is 2.33. The van der Waals surface area contributed by atoms with Crippen LogP contribution in [0.4, 0.5) is 0 Å². The van der Waals surface area contributed by atoms with Gasteiger partial charge in [0.15, 0.2) is 0 Å². The molecule has 0 N–H and O–H groups in total. The van der Waals surface area contributed by atoms with Crippen molar-refractivity contribution in [2.75, 3.05) is 39.3 Å². The van der Waals surface area contributed by atoms with Crippen LogP contribution in [-0.4, -0.2) is 67.1 Å². The molecule has 26 heavy (non-hydrogen) atoms. The van der Waals surface area contributed by atoms with Crippen LogP contribution in [0.1, 0.15) is 31.2 Å². The molecule has 2 aliphatic heterocycles. The lowest BCUT2D eigenvalue weighted by Crippen LogP contribution is -2.54. The van der Waals surface area contributed by atoms with E-state index in [-0.39, 0.29) is 5.91 Å². The van der Waals surface area contributed by atoms with Crippen molar-refractivity contribution >= 4 is 32.0 Å². The van der Waals surface area contributed by atoms with E-state index in [1.54, 1.807) is 13.5 Å². The molecule has 8 heteroatoms. The molecule has 1 aromatic carbocycles. The number of carbonyl (C=O) groups excluding carboxylic acids is 1. The van der Waals surface area contributed by atoms with Crippen LogP contribution in [0.15, 0.2) is 28.7 Å². The molecule has 2 heterocycles. The Hall–Kier alpha value is -0.960. The predicted octanol–water partition coefficient (Wildman–Crippen LogP) is 2.26. The average Bonchev–Trinajstić information content (AvgIpc) is 2.94. The molecule has 6 nitrogen and oxygen atoms in total. The number of rotatable bonds is 4. The van der Waals surface area contributed by atoms with Crippen LogP contribution in [0.3, 0.4) is 0 Å². The molecule has 3 rings (SSSR count). The van der Waals surface area contributed by atoms with Gasteiger partial charge in [-0.05, 0) is 30.5 Å². The number of carbonyl (C=O) groups is 1. The minimum Gasteiger partial charge on any atom is -0.340 e. The Balaban J connectivity index is 1.54. The second-order valence-electron chi connectivity index (χ2n) is 6.90. The monoisotopic (exact) mass is 443 g/mol. The average molecular weight is 444 g/mol. The van der Waals surface area contributed by atoms with E-state index < -0.39 is 10.2 Å². The van der Waals surface area contributed by atoms with Crippen LogP contribution in [0.25, 0.3) is 0 Å². The van der Waals surface area contributed by atoms with E-state index >= 15 is 0 Å². The van der Waals surface area contributed by atoms with E-state index in [1.165, 1.54) is 0 Å². The largest absolute Gasteiger partial charge is 0.340 e. The fourth-order valence-corrected chi connectivity index (χ4v) is 5.43.